The fourth-order valence-electron chi connectivity index (χ4n) is 13.1. The van der Waals surface area contributed by atoms with E-state index in [1.54, 1.807) is 11.1 Å². The van der Waals surface area contributed by atoms with E-state index in [1.165, 1.54) is 173 Å². The second kappa shape index (κ2) is 26.0. The van der Waals surface area contributed by atoms with E-state index < -0.39 is 16.6 Å². The Kier molecular flexibility index (Phi) is 21.6. The molecule has 4 fully saturated rings. The summed E-state index contributed by atoms with van der Waals surface area (Å²) in [6, 6.07) is 7.33. The second-order valence-corrected chi connectivity index (χ2v) is 36.0. The third-order valence-corrected chi connectivity index (χ3v) is 28.1. The summed E-state index contributed by atoms with van der Waals surface area (Å²) in [5, 5.41) is 0.393. The smallest absolute Gasteiger partial charge is 0.250 e. The Labute approximate surface area is 422 Å². The van der Waals surface area contributed by atoms with Crippen LogP contribution in [0.2, 0.25) is 36.3 Å². The molecule has 1 aromatic rings. The fourth-order valence-corrected chi connectivity index (χ4v) is 15.6. The van der Waals surface area contributed by atoms with Gasteiger partial charge in [0.05, 0.1) is 6.10 Å². The Hall–Kier alpha value is -0.746. The molecule has 2 heterocycles. The zero-order chi connectivity index (χ0) is 48.9. The van der Waals surface area contributed by atoms with Gasteiger partial charge in [-0.25, -0.2) is 0 Å². The highest BCUT2D eigenvalue weighted by atomic mass is 28.4. The number of fused-ring (bicyclic) bond motifs is 5. The zero-order valence-electron chi connectivity index (χ0n) is 46.5. The predicted octanol–water partition coefficient (Wildman–Crippen LogP) is 18.0. The number of hydrogen-bond acceptors (Lipinski definition) is 6. The van der Waals surface area contributed by atoms with Gasteiger partial charge < -0.3 is 27.8 Å². The lowest BCUT2D eigenvalue weighted by Crippen LogP contribution is -2.54. The van der Waals surface area contributed by atoms with Crippen molar-refractivity contribution in [2.24, 2.45) is 22.7 Å². The van der Waals surface area contributed by atoms with E-state index >= 15 is 0 Å². The van der Waals surface area contributed by atoms with E-state index in [4.69, 9.17) is 27.8 Å². The summed E-state index contributed by atoms with van der Waals surface area (Å²) in [7, 11) is -3.95. The molecule has 0 bridgehead atoms. The van der Waals surface area contributed by atoms with Crippen LogP contribution in [0.4, 0.5) is 0 Å². The van der Waals surface area contributed by atoms with Gasteiger partial charge in [0.15, 0.2) is 20.9 Å². The van der Waals surface area contributed by atoms with E-state index in [9.17, 15) is 0 Å². The maximum absolute atomic E-state index is 8.04. The minimum absolute atomic E-state index is 0.0562. The average Bonchev–Trinajstić information content (AvgIpc) is 3.53. The van der Waals surface area contributed by atoms with Crippen LogP contribution in [0.5, 0.6) is 5.75 Å². The van der Waals surface area contributed by atoms with Crippen LogP contribution < -0.4 is 4.43 Å². The molecule has 68 heavy (non-hydrogen) atoms. The van der Waals surface area contributed by atoms with E-state index in [2.05, 4.69) is 92.9 Å². The SMILES string of the molecule is CC(C)(C)[Si](C)(C)Oc1ccc2c(c1)CC[C@@H]1[C@@H]2CC[C@@]2(C)[C@H]1CC(CCCCCCCCCCOC1CCCCO1)(CCCCCCCCCCOC1CCCCO1)[C@@H]2O[Si](C)(C)C(C)(C)C. The number of benzene rings is 1. The molecule has 2 unspecified atom stereocenters. The Balaban J connectivity index is 1.09. The van der Waals surface area contributed by atoms with Crippen molar-refractivity contribution in [3.8, 4) is 5.75 Å². The monoisotopic (exact) mass is 981 g/mol. The van der Waals surface area contributed by atoms with E-state index in [1.807, 2.05) is 0 Å². The minimum Gasteiger partial charge on any atom is -0.543 e. The highest BCUT2D eigenvalue weighted by Crippen LogP contribution is 2.69. The zero-order valence-corrected chi connectivity index (χ0v) is 48.5. The quantitative estimate of drug-likeness (QED) is 0.0616. The molecule has 5 aliphatic rings. The van der Waals surface area contributed by atoms with Crippen LogP contribution in [0, 0.1) is 22.7 Å². The van der Waals surface area contributed by atoms with Crippen LogP contribution in [0.3, 0.4) is 0 Å². The molecular formula is C60H108O6Si2. The lowest BCUT2D eigenvalue weighted by Gasteiger charge is -2.53. The molecule has 3 aliphatic carbocycles. The molecule has 6 nitrogen and oxygen atoms in total. The first-order chi connectivity index (χ1) is 32.4. The predicted molar refractivity (Wildman–Crippen MR) is 291 cm³/mol. The molecular weight excluding hydrogens is 873 g/mol. The van der Waals surface area contributed by atoms with Gasteiger partial charge in [0.1, 0.15) is 5.75 Å². The number of rotatable bonds is 28. The third-order valence-electron chi connectivity index (χ3n) is 19.3. The maximum Gasteiger partial charge on any atom is 0.250 e. The highest BCUT2D eigenvalue weighted by molar-refractivity contribution is 6.75. The second-order valence-electron chi connectivity index (χ2n) is 26.5. The van der Waals surface area contributed by atoms with Gasteiger partial charge in [-0.3, -0.25) is 0 Å². The molecule has 392 valence electrons. The maximum atomic E-state index is 8.04. The normalized spacial score (nSPS) is 29.1. The largest absolute Gasteiger partial charge is 0.543 e. The Morgan fingerprint density at radius 3 is 1.59 bits per heavy atom. The number of aryl methyl sites for hydroxylation is 1. The summed E-state index contributed by atoms with van der Waals surface area (Å²) in [6.07, 6.45) is 38.0. The molecule has 2 saturated carbocycles. The van der Waals surface area contributed by atoms with Gasteiger partial charge in [0.25, 0.3) is 0 Å². The Morgan fingerprint density at radius 1 is 0.603 bits per heavy atom. The molecule has 1 aromatic carbocycles. The molecule has 8 heteroatoms. The van der Waals surface area contributed by atoms with Crippen molar-refractivity contribution in [2.75, 3.05) is 26.4 Å². The summed E-state index contributed by atoms with van der Waals surface area (Å²) < 4.78 is 38.5. The van der Waals surface area contributed by atoms with Crippen molar-refractivity contribution in [3.63, 3.8) is 0 Å². The third kappa shape index (κ3) is 15.4. The average molecular weight is 982 g/mol. The van der Waals surface area contributed by atoms with Crippen LogP contribution in [0.1, 0.15) is 245 Å². The van der Waals surface area contributed by atoms with Crippen LogP contribution in [-0.2, 0) is 29.8 Å². The van der Waals surface area contributed by atoms with Gasteiger partial charge >= 0.3 is 0 Å². The van der Waals surface area contributed by atoms with Crippen molar-refractivity contribution >= 4 is 16.6 Å². The number of ether oxygens (including phenoxy) is 4. The van der Waals surface area contributed by atoms with E-state index in [0.29, 0.717) is 12.0 Å². The van der Waals surface area contributed by atoms with Gasteiger partial charge in [-0.1, -0.05) is 144 Å². The van der Waals surface area contributed by atoms with Crippen molar-refractivity contribution in [1.82, 2.24) is 0 Å². The molecule has 0 N–H and O–H groups in total. The fraction of sp³-hybridized carbons (Fsp3) is 0.900. The lowest BCUT2D eigenvalue weighted by molar-refractivity contribution is -0.163. The molecule has 0 radical (unpaired) electrons. The van der Waals surface area contributed by atoms with Crippen LogP contribution in [0.15, 0.2) is 18.2 Å². The summed E-state index contributed by atoms with van der Waals surface area (Å²) in [5.74, 6) is 3.26. The van der Waals surface area contributed by atoms with Crippen LogP contribution in [-0.4, -0.2) is 61.7 Å². The summed E-state index contributed by atoms with van der Waals surface area (Å²) >= 11 is 0. The molecule has 6 rings (SSSR count). The van der Waals surface area contributed by atoms with Crippen molar-refractivity contribution in [2.45, 2.75) is 296 Å². The number of hydrogen-bond donors (Lipinski definition) is 0. The van der Waals surface area contributed by atoms with E-state index in [0.717, 1.165) is 56.9 Å². The van der Waals surface area contributed by atoms with Crippen LogP contribution in [0.25, 0.3) is 0 Å². The van der Waals surface area contributed by atoms with Gasteiger partial charge in [-0.05, 0) is 184 Å². The standard InChI is InChI=1S/C60H108O6Si2/c1-57(2,3)67(8,9)65-49-35-37-50-48(46-49)34-36-52-51(50)38-41-59(7)53(52)47-60(56(59)66-68(10,11)58(4,5)6,39-26-20-16-12-14-18-22-28-42-61-54-32-24-30-44-63-54)40-27-21-17-13-15-19-23-29-43-62-55-33-25-31-45-64-55/h35,37,46,51-56H,12-34,36,38-45,47H2,1-11H3/t51-,52-,53+,54?,55?,56-,59+,60?/m1/s1. The lowest BCUT2D eigenvalue weighted by atomic mass is 9.55. The molecule has 2 saturated heterocycles. The van der Waals surface area contributed by atoms with Crippen molar-refractivity contribution in [1.29, 1.82) is 0 Å². The van der Waals surface area contributed by atoms with Gasteiger partial charge in [-0.15, -0.1) is 0 Å². The summed E-state index contributed by atoms with van der Waals surface area (Å²) in [6.45, 7) is 30.6. The van der Waals surface area contributed by atoms with Crippen LogP contribution >= 0.6 is 0 Å². The van der Waals surface area contributed by atoms with Crippen molar-refractivity contribution in [3.05, 3.63) is 29.3 Å². The van der Waals surface area contributed by atoms with Crippen molar-refractivity contribution < 1.29 is 27.8 Å². The van der Waals surface area contributed by atoms with E-state index in [-0.39, 0.29) is 33.5 Å². The minimum atomic E-state index is -2.04. The molecule has 7 atom stereocenters. The summed E-state index contributed by atoms with van der Waals surface area (Å²) in [5.41, 5.74) is 3.74. The molecule has 0 spiro atoms. The molecule has 2 aliphatic heterocycles. The van der Waals surface area contributed by atoms with Gasteiger partial charge in [-0.2, -0.15) is 0 Å². The van der Waals surface area contributed by atoms with Gasteiger partial charge in [0, 0.05) is 26.4 Å². The highest BCUT2D eigenvalue weighted by Gasteiger charge is 2.65. The first-order valence-corrected chi connectivity index (χ1v) is 35.1. The first-order valence-electron chi connectivity index (χ1n) is 29.3. The summed E-state index contributed by atoms with van der Waals surface area (Å²) in [4.78, 5) is 0. The molecule has 0 amide bonds. The Morgan fingerprint density at radius 2 is 1.10 bits per heavy atom. The molecule has 0 aromatic heterocycles. The first kappa shape index (κ1) is 56.5. The topological polar surface area (TPSA) is 55.4 Å². The number of unbranched alkanes of at least 4 members (excludes halogenated alkanes) is 14. The Bertz CT molecular complexity index is 1560. The van der Waals surface area contributed by atoms with Gasteiger partial charge in [0.2, 0.25) is 8.32 Å².